The summed E-state index contributed by atoms with van der Waals surface area (Å²) in [7, 11) is 1.49. The van der Waals surface area contributed by atoms with Gasteiger partial charge in [-0.15, -0.1) is 0 Å². The molecule has 154 valence electrons. The second-order valence-corrected chi connectivity index (χ2v) is 6.81. The molecule has 2 N–H and O–H groups in total. The van der Waals surface area contributed by atoms with E-state index in [0.29, 0.717) is 17.1 Å². The molecule has 1 aromatic heterocycles. The van der Waals surface area contributed by atoms with Crippen LogP contribution >= 0.6 is 0 Å². The summed E-state index contributed by atoms with van der Waals surface area (Å²) in [5.41, 5.74) is 1.91. The molecule has 0 unspecified atom stereocenters. The number of methoxy groups -OCH3 is 1. The predicted octanol–water partition coefficient (Wildman–Crippen LogP) is 2.33. The molecule has 0 aliphatic rings. The van der Waals surface area contributed by atoms with E-state index in [1.54, 1.807) is 38.1 Å². The van der Waals surface area contributed by atoms with Gasteiger partial charge in [-0.25, -0.2) is 9.78 Å². The van der Waals surface area contributed by atoms with E-state index < -0.39 is 24.5 Å². The highest BCUT2D eigenvalue weighted by Crippen LogP contribution is 2.11. The van der Waals surface area contributed by atoms with Crippen molar-refractivity contribution in [1.29, 1.82) is 0 Å². The number of amides is 2. The summed E-state index contributed by atoms with van der Waals surface area (Å²) in [6, 6.07) is 9.33. The maximum absolute atomic E-state index is 12.4. The van der Waals surface area contributed by atoms with E-state index in [9.17, 15) is 14.4 Å². The van der Waals surface area contributed by atoms with Crippen LogP contribution in [-0.2, 0) is 14.3 Å². The van der Waals surface area contributed by atoms with E-state index in [0.717, 1.165) is 5.56 Å². The van der Waals surface area contributed by atoms with Crippen molar-refractivity contribution in [3.8, 4) is 5.88 Å². The fourth-order valence-electron chi connectivity index (χ4n) is 2.43. The third-order valence-corrected chi connectivity index (χ3v) is 4.10. The Morgan fingerprint density at radius 1 is 1.07 bits per heavy atom. The minimum absolute atomic E-state index is 0.217. The molecule has 8 nitrogen and oxygen atoms in total. The van der Waals surface area contributed by atoms with Gasteiger partial charge in [-0.1, -0.05) is 31.5 Å². The third kappa shape index (κ3) is 6.60. The molecule has 1 heterocycles. The SMILES string of the molecule is COc1ccc(NC(=O)COC(=O)[C@H](NC(=O)c2ccc(C)cc2)C(C)C)cn1. The highest BCUT2D eigenvalue weighted by atomic mass is 16.5. The molecule has 0 bridgehead atoms. The molecular weight excluding hydrogens is 374 g/mol. The molecular formula is C21H25N3O5. The minimum atomic E-state index is -0.876. The number of ether oxygens (including phenoxy) is 2. The van der Waals surface area contributed by atoms with Gasteiger partial charge in [-0.05, 0) is 31.0 Å². The number of rotatable bonds is 8. The molecule has 1 aromatic carbocycles. The van der Waals surface area contributed by atoms with E-state index in [4.69, 9.17) is 9.47 Å². The summed E-state index contributed by atoms with van der Waals surface area (Å²) < 4.78 is 10.0. The zero-order chi connectivity index (χ0) is 21.4. The van der Waals surface area contributed by atoms with Crippen molar-refractivity contribution in [2.24, 2.45) is 5.92 Å². The first kappa shape index (κ1) is 21.9. The monoisotopic (exact) mass is 399 g/mol. The third-order valence-electron chi connectivity index (χ3n) is 4.10. The first-order valence-corrected chi connectivity index (χ1v) is 9.14. The molecule has 1 atom stereocenters. The van der Waals surface area contributed by atoms with Crippen LogP contribution in [0, 0.1) is 12.8 Å². The first-order valence-electron chi connectivity index (χ1n) is 9.14. The Balaban J connectivity index is 1.90. The molecule has 0 saturated heterocycles. The second kappa shape index (κ2) is 10.2. The Bertz CT molecular complexity index is 848. The normalized spacial score (nSPS) is 11.5. The predicted molar refractivity (Wildman–Crippen MR) is 108 cm³/mol. The Morgan fingerprint density at radius 2 is 1.76 bits per heavy atom. The molecule has 0 spiro atoms. The number of aromatic nitrogens is 1. The molecule has 2 aromatic rings. The molecule has 29 heavy (non-hydrogen) atoms. The van der Waals surface area contributed by atoms with Gasteiger partial charge in [-0.2, -0.15) is 0 Å². The molecule has 8 heteroatoms. The van der Waals surface area contributed by atoms with Crippen molar-refractivity contribution in [1.82, 2.24) is 10.3 Å². The van der Waals surface area contributed by atoms with Crippen LogP contribution in [0.3, 0.4) is 0 Å². The van der Waals surface area contributed by atoms with Crippen molar-refractivity contribution in [3.05, 3.63) is 53.7 Å². The largest absolute Gasteiger partial charge is 0.481 e. The van der Waals surface area contributed by atoms with Crippen molar-refractivity contribution in [2.75, 3.05) is 19.0 Å². The molecule has 2 amide bonds. The van der Waals surface area contributed by atoms with Gasteiger partial charge < -0.3 is 20.1 Å². The van der Waals surface area contributed by atoms with Crippen molar-refractivity contribution in [2.45, 2.75) is 26.8 Å². The van der Waals surface area contributed by atoms with E-state index in [-0.39, 0.29) is 11.8 Å². The lowest BCUT2D eigenvalue weighted by Crippen LogP contribution is -2.45. The Morgan fingerprint density at radius 3 is 2.31 bits per heavy atom. The summed E-state index contributed by atoms with van der Waals surface area (Å²) in [6.07, 6.45) is 1.43. The maximum Gasteiger partial charge on any atom is 0.329 e. The number of carbonyl (C=O) groups is 3. The molecule has 0 aliphatic heterocycles. The molecule has 2 rings (SSSR count). The zero-order valence-corrected chi connectivity index (χ0v) is 16.9. The van der Waals surface area contributed by atoms with Gasteiger partial charge >= 0.3 is 5.97 Å². The van der Waals surface area contributed by atoms with Gasteiger partial charge in [0.15, 0.2) is 6.61 Å². The number of hydrogen-bond acceptors (Lipinski definition) is 6. The minimum Gasteiger partial charge on any atom is -0.481 e. The number of aryl methyl sites for hydroxylation is 1. The fraction of sp³-hybridized carbons (Fsp3) is 0.333. The Kier molecular flexibility index (Phi) is 7.70. The van der Waals surface area contributed by atoms with Gasteiger partial charge in [0.1, 0.15) is 6.04 Å². The summed E-state index contributed by atoms with van der Waals surface area (Å²) in [4.78, 5) is 40.8. The Hall–Kier alpha value is -3.42. The topological polar surface area (TPSA) is 107 Å². The smallest absolute Gasteiger partial charge is 0.329 e. The van der Waals surface area contributed by atoms with Crippen LogP contribution < -0.4 is 15.4 Å². The van der Waals surface area contributed by atoms with Gasteiger partial charge in [0.25, 0.3) is 11.8 Å². The van der Waals surface area contributed by atoms with Gasteiger partial charge in [0, 0.05) is 11.6 Å². The summed E-state index contributed by atoms with van der Waals surface area (Å²) in [5.74, 6) is -1.38. The van der Waals surface area contributed by atoms with Gasteiger partial charge in [-0.3, -0.25) is 9.59 Å². The number of anilines is 1. The quantitative estimate of drug-likeness (QED) is 0.660. The first-order chi connectivity index (χ1) is 13.8. The molecule has 0 radical (unpaired) electrons. The number of pyridine rings is 1. The van der Waals surface area contributed by atoms with E-state index in [1.807, 2.05) is 19.1 Å². The number of benzene rings is 1. The highest BCUT2D eigenvalue weighted by Gasteiger charge is 2.26. The lowest BCUT2D eigenvalue weighted by Gasteiger charge is -2.20. The van der Waals surface area contributed by atoms with Crippen LogP contribution in [0.4, 0.5) is 5.69 Å². The lowest BCUT2D eigenvalue weighted by molar-refractivity contribution is -0.150. The fourth-order valence-corrected chi connectivity index (χ4v) is 2.43. The van der Waals surface area contributed by atoms with Crippen molar-refractivity contribution < 1.29 is 23.9 Å². The van der Waals surface area contributed by atoms with E-state index in [2.05, 4.69) is 15.6 Å². The summed E-state index contributed by atoms with van der Waals surface area (Å²) >= 11 is 0. The number of esters is 1. The van der Waals surface area contributed by atoms with Crippen LogP contribution in [0.2, 0.25) is 0 Å². The number of carbonyl (C=O) groups excluding carboxylic acids is 3. The van der Waals surface area contributed by atoms with Gasteiger partial charge in [0.2, 0.25) is 5.88 Å². The molecule has 0 fully saturated rings. The zero-order valence-electron chi connectivity index (χ0n) is 16.9. The van der Waals surface area contributed by atoms with Crippen molar-refractivity contribution >= 4 is 23.5 Å². The standard InChI is InChI=1S/C21H25N3O5/c1-13(2)19(24-20(26)15-7-5-14(3)6-8-15)21(27)29-12-17(25)23-16-9-10-18(28-4)22-11-16/h5-11,13,19H,12H2,1-4H3,(H,23,25)(H,24,26)/t19-/m1/s1. The Labute approximate surface area is 169 Å². The van der Waals surface area contributed by atoms with E-state index >= 15 is 0 Å². The van der Waals surface area contributed by atoms with Gasteiger partial charge in [0.05, 0.1) is 19.0 Å². The number of hydrogen-bond donors (Lipinski definition) is 2. The van der Waals surface area contributed by atoms with Crippen LogP contribution in [0.1, 0.15) is 29.8 Å². The van der Waals surface area contributed by atoms with Crippen LogP contribution in [0.25, 0.3) is 0 Å². The van der Waals surface area contributed by atoms with Crippen LogP contribution in [-0.4, -0.2) is 42.5 Å². The highest BCUT2D eigenvalue weighted by molar-refractivity contribution is 5.97. The average molecular weight is 399 g/mol. The van der Waals surface area contributed by atoms with Crippen molar-refractivity contribution in [3.63, 3.8) is 0 Å². The van der Waals surface area contributed by atoms with E-state index in [1.165, 1.54) is 13.3 Å². The number of nitrogens with zero attached hydrogens (tertiary/aromatic N) is 1. The second-order valence-electron chi connectivity index (χ2n) is 6.81. The maximum atomic E-state index is 12.4. The van der Waals surface area contributed by atoms with Crippen LogP contribution in [0.5, 0.6) is 5.88 Å². The summed E-state index contributed by atoms with van der Waals surface area (Å²) in [6.45, 7) is 5.01. The lowest BCUT2D eigenvalue weighted by atomic mass is 10.0. The summed E-state index contributed by atoms with van der Waals surface area (Å²) in [5, 5.41) is 5.24. The van der Waals surface area contributed by atoms with Crippen LogP contribution in [0.15, 0.2) is 42.6 Å². The number of nitrogens with one attached hydrogen (secondary N) is 2. The molecule has 0 aliphatic carbocycles. The average Bonchev–Trinajstić information content (AvgIpc) is 2.71. The molecule has 0 saturated carbocycles.